The van der Waals surface area contributed by atoms with Gasteiger partial charge in [0.2, 0.25) is 5.88 Å². The van der Waals surface area contributed by atoms with E-state index in [0.29, 0.717) is 11.1 Å². The first-order chi connectivity index (χ1) is 11.3. The number of carboxylic acids is 1. The molecule has 5 N–H and O–H groups in total. The lowest BCUT2D eigenvalue weighted by Gasteiger charge is -2.14. The Morgan fingerprint density at radius 3 is 2.67 bits per heavy atom. The van der Waals surface area contributed by atoms with Gasteiger partial charge in [-0.1, -0.05) is 12.1 Å². The molecule has 9 heteroatoms. The molecule has 0 bridgehead atoms. The molecule has 24 heavy (non-hydrogen) atoms. The minimum Gasteiger partial charge on any atom is -0.477 e. The smallest absolute Gasteiger partial charge is 0.345 e. The molecule has 1 atom stereocenters. The van der Waals surface area contributed by atoms with Crippen molar-refractivity contribution in [3.05, 3.63) is 35.4 Å². The van der Waals surface area contributed by atoms with Crippen molar-refractivity contribution < 1.29 is 19.4 Å². The van der Waals surface area contributed by atoms with Crippen LogP contribution in [0.3, 0.4) is 0 Å². The molecule has 0 aliphatic carbocycles. The minimum absolute atomic E-state index is 0.0567. The Labute approximate surface area is 136 Å². The van der Waals surface area contributed by atoms with E-state index in [1.807, 2.05) is 6.07 Å². The third kappa shape index (κ3) is 3.38. The Morgan fingerprint density at radius 1 is 1.38 bits per heavy atom. The van der Waals surface area contributed by atoms with E-state index >= 15 is 0 Å². The highest BCUT2D eigenvalue weighted by Gasteiger charge is 2.24. The second-order valence-electron chi connectivity index (χ2n) is 4.77. The average molecular weight is 327 g/mol. The molecule has 0 saturated heterocycles. The normalized spacial score (nSPS) is 11.3. The third-order valence-corrected chi connectivity index (χ3v) is 3.06. The number of aromatic nitrogens is 2. The van der Waals surface area contributed by atoms with E-state index in [1.54, 1.807) is 18.2 Å². The summed E-state index contributed by atoms with van der Waals surface area (Å²) in [5.41, 5.74) is 11.1. The maximum Gasteiger partial charge on any atom is 0.345 e. The Hall–Kier alpha value is -3.67. The number of nitrogens with two attached hydrogens (primary N) is 2. The Bertz CT molecular complexity index is 859. The number of anilines is 1. The second kappa shape index (κ2) is 6.62. The number of amides is 1. The van der Waals surface area contributed by atoms with Gasteiger partial charge >= 0.3 is 5.97 Å². The van der Waals surface area contributed by atoms with Gasteiger partial charge in [-0.05, 0) is 19.1 Å². The molecule has 0 radical (unpaired) electrons. The number of aromatic carboxylic acids is 1. The first kappa shape index (κ1) is 16.7. The van der Waals surface area contributed by atoms with Crippen LogP contribution in [-0.2, 0) is 4.79 Å². The zero-order valence-electron chi connectivity index (χ0n) is 12.6. The van der Waals surface area contributed by atoms with E-state index in [2.05, 4.69) is 9.97 Å². The molecule has 9 nitrogen and oxygen atoms in total. The van der Waals surface area contributed by atoms with Gasteiger partial charge in [0.25, 0.3) is 5.91 Å². The summed E-state index contributed by atoms with van der Waals surface area (Å²) in [5, 5.41) is 18.2. The van der Waals surface area contributed by atoms with Gasteiger partial charge in [-0.25, -0.2) is 9.78 Å². The Kier molecular flexibility index (Phi) is 4.60. The van der Waals surface area contributed by atoms with Crippen LogP contribution in [0, 0.1) is 11.3 Å². The lowest BCUT2D eigenvalue weighted by molar-refractivity contribution is -0.124. The van der Waals surface area contributed by atoms with Crippen LogP contribution in [0.2, 0.25) is 0 Å². The Morgan fingerprint density at radius 2 is 2.08 bits per heavy atom. The number of nitriles is 1. The van der Waals surface area contributed by atoms with Gasteiger partial charge in [-0.15, -0.1) is 0 Å². The van der Waals surface area contributed by atoms with Crippen LogP contribution in [0.1, 0.15) is 22.8 Å². The van der Waals surface area contributed by atoms with Crippen LogP contribution in [0.15, 0.2) is 24.3 Å². The topological polar surface area (TPSA) is 165 Å². The molecule has 2 rings (SSSR count). The molecular weight excluding hydrogens is 314 g/mol. The van der Waals surface area contributed by atoms with Gasteiger partial charge < -0.3 is 21.3 Å². The molecule has 1 unspecified atom stereocenters. The zero-order chi connectivity index (χ0) is 17.9. The maximum atomic E-state index is 11.3. The van der Waals surface area contributed by atoms with Gasteiger partial charge in [-0.3, -0.25) is 4.79 Å². The van der Waals surface area contributed by atoms with Crippen molar-refractivity contribution in [2.24, 2.45) is 5.73 Å². The number of nitrogen functional groups attached to an aromatic ring is 1. The van der Waals surface area contributed by atoms with E-state index in [1.165, 1.54) is 13.0 Å². The summed E-state index contributed by atoms with van der Waals surface area (Å²) in [6.45, 7) is 1.35. The number of hydrogen-bond donors (Lipinski definition) is 3. The molecule has 122 valence electrons. The second-order valence-corrected chi connectivity index (χ2v) is 4.77. The number of ether oxygens (including phenoxy) is 1. The summed E-state index contributed by atoms with van der Waals surface area (Å²) < 4.78 is 5.22. The van der Waals surface area contributed by atoms with Crippen molar-refractivity contribution in [3.63, 3.8) is 0 Å². The van der Waals surface area contributed by atoms with Crippen LogP contribution in [0.25, 0.3) is 11.4 Å². The van der Waals surface area contributed by atoms with Gasteiger partial charge in [0, 0.05) is 5.56 Å². The van der Waals surface area contributed by atoms with Crippen LogP contribution >= 0.6 is 0 Å². The molecule has 1 amide bonds. The Balaban J connectivity index is 2.59. The zero-order valence-corrected chi connectivity index (χ0v) is 12.6. The molecule has 0 spiro atoms. The first-order valence-corrected chi connectivity index (χ1v) is 6.70. The lowest BCUT2D eigenvalue weighted by Crippen LogP contribution is -2.31. The molecule has 1 heterocycles. The van der Waals surface area contributed by atoms with Gasteiger partial charge in [-0.2, -0.15) is 10.2 Å². The monoisotopic (exact) mass is 327 g/mol. The molecule has 1 aromatic carbocycles. The van der Waals surface area contributed by atoms with Gasteiger partial charge in [0.15, 0.2) is 17.5 Å². The summed E-state index contributed by atoms with van der Waals surface area (Å²) in [7, 11) is 0. The molecule has 2 aromatic rings. The maximum absolute atomic E-state index is 11.3. The number of hydrogen-bond acceptors (Lipinski definition) is 7. The average Bonchev–Trinajstić information content (AvgIpc) is 2.53. The van der Waals surface area contributed by atoms with Gasteiger partial charge in [0.05, 0.1) is 11.6 Å². The van der Waals surface area contributed by atoms with Crippen LogP contribution < -0.4 is 16.2 Å². The standard InChI is InChI=1S/C15H13N5O4/c1-7(12(18)21)24-14-10(15(22)23)11(17)19-13(20-14)9-4-2-3-8(5-9)6-16/h2-5,7H,1H3,(H2,18,21)(H,22,23)(H2,17,19,20). The highest BCUT2D eigenvalue weighted by Crippen LogP contribution is 2.27. The SMILES string of the molecule is CC(Oc1nc(-c2cccc(C#N)c2)nc(N)c1C(=O)O)C(N)=O. The van der Waals surface area contributed by atoms with Crippen molar-refractivity contribution in [2.45, 2.75) is 13.0 Å². The summed E-state index contributed by atoms with van der Waals surface area (Å²) in [6.07, 6.45) is -1.12. The fourth-order valence-corrected chi connectivity index (χ4v) is 1.83. The number of nitrogens with zero attached hydrogens (tertiary/aromatic N) is 3. The highest BCUT2D eigenvalue weighted by molar-refractivity contribution is 5.95. The summed E-state index contributed by atoms with van der Waals surface area (Å²) in [5.74, 6) is -2.85. The number of carbonyl (C=O) groups is 2. The predicted octanol–water partition coefficient (Wildman–Crippen LogP) is 0.548. The van der Waals surface area contributed by atoms with Crippen molar-refractivity contribution in [3.8, 4) is 23.3 Å². The van der Waals surface area contributed by atoms with Crippen molar-refractivity contribution >= 4 is 17.7 Å². The molecule has 1 aromatic heterocycles. The number of rotatable bonds is 5. The quantitative estimate of drug-likeness (QED) is 0.715. The van der Waals surface area contributed by atoms with Crippen molar-refractivity contribution in [2.75, 3.05) is 5.73 Å². The van der Waals surface area contributed by atoms with Crippen molar-refractivity contribution in [1.82, 2.24) is 9.97 Å². The number of benzene rings is 1. The molecular formula is C15H13N5O4. The minimum atomic E-state index is -1.41. The first-order valence-electron chi connectivity index (χ1n) is 6.70. The molecule has 0 aliphatic heterocycles. The largest absolute Gasteiger partial charge is 0.477 e. The summed E-state index contributed by atoms with van der Waals surface area (Å²) in [6, 6.07) is 8.31. The number of primary amides is 1. The predicted molar refractivity (Wildman–Crippen MR) is 82.8 cm³/mol. The van der Waals surface area contributed by atoms with E-state index in [0.717, 1.165) is 0 Å². The summed E-state index contributed by atoms with van der Waals surface area (Å²) >= 11 is 0. The molecule has 0 aliphatic rings. The fourth-order valence-electron chi connectivity index (χ4n) is 1.83. The third-order valence-electron chi connectivity index (χ3n) is 3.06. The van der Waals surface area contributed by atoms with E-state index in [4.69, 9.17) is 21.5 Å². The van der Waals surface area contributed by atoms with E-state index in [-0.39, 0.29) is 17.5 Å². The fraction of sp³-hybridized carbons (Fsp3) is 0.133. The lowest BCUT2D eigenvalue weighted by atomic mass is 10.1. The highest BCUT2D eigenvalue weighted by atomic mass is 16.5. The van der Waals surface area contributed by atoms with Gasteiger partial charge in [0.1, 0.15) is 5.82 Å². The number of carboxylic acid groups (broad SMARTS) is 1. The van der Waals surface area contributed by atoms with Crippen molar-refractivity contribution in [1.29, 1.82) is 5.26 Å². The molecule has 0 fully saturated rings. The van der Waals surface area contributed by atoms with E-state index in [9.17, 15) is 14.7 Å². The summed E-state index contributed by atoms with van der Waals surface area (Å²) in [4.78, 5) is 30.4. The van der Waals surface area contributed by atoms with Crippen LogP contribution in [0.5, 0.6) is 5.88 Å². The van der Waals surface area contributed by atoms with Crippen LogP contribution in [-0.4, -0.2) is 33.1 Å². The molecule has 0 saturated carbocycles. The number of carbonyl (C=O) groups excluding carboxylic acids is 1. The van der Waals surface area contributed by atoms with Crippen LogP contribution in [0.4, 0.5) is 5.82 Å². The van der Waals surface area contributed by atoms with E-state index < -0.39 is 23.5 Å².